The average molecular weight is 484 g/mol. The van der Waals surface area contributed by atoms with Crippen LogP contribution in [-0.2, 0) is 12.8 Å². The van der Waals surface area contributed by atoms with Crippen molar-refractivity contribution in [2.24, 2.45) is 10.9 Å². The van der Waals surface area contributed by atoms with Crippen LogP contribution in [0.2, 0.25) is 0 Å². The molecule has 1 aromatic carbocycles. The smallest absolute Gasteiger partial charge is 0.193 e. The first-order valence-electron chi connectivity index (χ1n) is 9.08. The van der Waals surface area contributed by atoms with Gasteiger partial charge in [-0.1, -0.05) is 30.3 Å². The van der Waals surface area contributed by atoms with Crippen LogP contribution >= 0.6 is 35.3 Å². The number of aryl methyl sites for hydroxylation is 2. The fraction of sp³-hybridized carbons (Fsp3) is 0.500. The van der Waals surface area contributed by atoms with Gasteiger partial charge in [-0.2, -0.15) is 0 Å². The first-order valence-corrected chi connectivity index (χ1v) is 9.89. The zero-order chi connectivity index (χ0) is 17.6. The number of likely N-dealkylation sites (tertiary alicyclic amines) is 1. The van der Waals surface area contributed by atoms with Crippen LogP contribution in [0.5, 0.6) is 0 Å². The minimum atomic E-state index is 0. The lowest BCUT2D eigenvalue weighted by atomic mass is 9.99. The van der Waals surface area contributed by atoms with Crippen LogP contribution in [0.15, 0.2) is 35.3 Å². The van der Waals surface area contributed by atoms with E-state index in [1.807, 2.05) is 7.05 Å². The summed E-state index contributed by atoms with van der Waals surface area (Å²) in [6.45, 7) is 7.27. The van der Waals surface area contributed by atoms with Gasteiger partial charge in [-0.05, 0) is 38.2 Å². The Morgan fingerprint density at radius 1 is 1.31 bits per heavy atom. The fourth-order valence-corrected chi connectivity index (χ4v) is 4.50. The second-order valence-electron chi connectivity index (χ2n) is 6.76. The number of hydrogen-bond acceptors (Lipinski definition) is 3. The molecule has 0 amide bonds. The molecule has 6 heteroatoms. The second kappa shape index (κ2) is 10.3. The number of rotatable bonds is 5. The maximum Gasteiger partial charge on any atom is 0.193 e. The van der Waals surface area contributed by atoms with E-state index in [1.54, 1.807) is 11.3 Å². The highest BCUT2D eigenvalue weighted by Crippen LogP contribution is 2.21. The van der Waals surface area contributed by atoms with E-state index in [-0.39, 0.29) is 24.0 Å². The molecular formula is C20H29IN4S. The molecule has 1 aliphatic rings. The van der Waals surface area contributed by atoms with Crippen molar-refractivity contribution in [3.63, 3.8) is 0 Å². The largest absolute Gasteiger partial charge is 0.356 e. The number of nitrogens with one attached hydrogen (secondary N) is 1. The van der Waals surface area contributed by atoms with Gasteiger partial charge in [0.2, 0.25) is 0 Å². The highest BCUT2D eigenvalue weighted by atomic mass is 127. The van der Waals surface area contributed by atoms with Crippen molar-refractivity contribution in [3.05, 3.63) is 51.5 Å². The quantitative estimate of drug-likeness (QED) is 0.396. The van der Waals surface area contributed by atoms with Crippen LogP contribution in [0.1, 0.15) is 27.6 Å². The highest BCUT2D eigenvalue weighted by molar-refractivity contribution is 14.0. The Balaban J connectivity index is 0.00000243. The molecule has 0 saturated carbocycles. The molecule has 2 heterocycles. The minimum absolute atomic E-state index is 0. The van der Waals surface area contributed by atoms with E-state index in [0.717, 1.165) is 43.4 Å². The molecule has 3 rings (SSSR count). The van der Waals surface area contributed by atoms with Crippen molar-refractivity contribution in [2.75, 3.05) is 26.7 Å². The number of thiazole rings is 1. The summed E-state index contributed by atoms with van der Waals surface area (Å²) >= 11 is 1.80. The number of aromatic nitrogens is 1. The lowest BCUT2D eigenvalue weighted by Gasteiger charge is -2.21. The van der Waals surface area contributed by atoms with E-state index in [1.165, 1.54) is 22.6 Å². The SMILES string of the molecule is CN=C(NCCc1sc(C)nc1C)N1CCC(Cc2ccccc2)C1.I. The van der Waals surface area contributed by atoms with Crippen LogP contribution in [-0.4, -0.2) is 42.5 Å². The van der Waals surface area contributed by atoms with E-state index in [4.69, 9.17) is 0 Å². The summed E-state index contributed by atoms with van der Waals surface area (Å²) in [5.74, 6) is 1.75. The average Bonchev–Trinajstić information content (AvgIpc) is 3.19. The van der Waals surface area contributed by atoms with Crippen LogP contribution in [0.3, 0.4) is 0 Å². The molecule has 1 aromatic heterocycles. The summed E-state index contributed by atoms with van der Waals surface area (Å²) in [6.07, 6.45) is 3.41. The van der Waals surface area contributed by atoms with Gasteiger partial charge in [0.1, 0.15) is 0 Å². The summed E-state index contributed by atoms with van der Waals surface area (Å²) in [7, 11) is 1.88. The predicted molar refractivity (Wildman–Crippen MR) is 122 cm³/mol. The van der Waals surface area contributed by atoms with Crippen LogP contribution in [0, 0.1) is 19.8 Å². The minimum Gasteiger partial charge on any atom is -0.356 e. The third-order valence-electron chi connectivity index (χ3n) is 4.80. The normalized spacial score (nSPS) is 17.3. The summed E-state index contributed by atoms with van der Waals surface area (Å²) in [5, 5.41) is 4.69. The van der Waals surface area contributed by atoms with E-state index in [0.29, 0.717) is 5.92 Å². The van der Waals surface area contributed by atoms with Gasteiger partial charge >= 0.3 is 0 Å². The Labute approximate surface area is 178 Å². The van der Waals surface area contributed by atoms with Gasteiger partial charge in [0.25, 0.3) is 0 Å². The van der Waals surface area contributed by atoms with Gasteiger partial charge < -0.3 is 10.2 Å². The lowest BCUT2D eigenvalue weighted by molar-refractivity contribution is 0.460. The first kappa shape index (κ1) is 21.2. The summed E-state index contributed by atoms with van der Waals surface area (Å²) < 4.78 is 0. The Hall–Kier alpha value is -1.15. The molecule has 1 N–H and O–H groups in total. The van der Waals surface area contributed by atoms with Gasteiger partial charge in [-0.3, -0.25) is 4.99 Å². The van der Waals surface area contributed by atoms with Gasteiger partial charge in [0.15, 0.2) is 5.96 Å². The van der Waals surface area contributed by atoms with Crippen molar-refractivity contribution < 1.29 is 0 Å². The molecule has 0 bridgehead atoms. The van der Waals surface area contributed by atoms with Crippen LogP contribution < -0.4 is 5.32 Å². The maximum atomic E-state index is 4.51. The van der Waals surface area contributed by atoms with Crippen molar-refractivity contribution in [3.8, 4) is 0 Å². The maximum absolute atomic E-state index is 4.51. The molecule has 1 atom stereocenters. The molecular weight excluding hydrogens is 455 g/mol. The Morgan fingerprint density at radius 2 is 2.08 bits per heavy atom. The summed E-state index contributed by atoms with van der Waals surface area (Å²) in [6, 6.07) is 10.8. The standard InChI is InChI=1S/C20H28N4S.HI/c1-15-19(25-16(2)23-15)9-11-22-20(21-3)24-12-10-18(14-24)13-17-7-5-4-6-8-17;/h4-8,18H,9-14H2,1-3H3,(H,21,22);1H. The molecule has 0 aliphatic carbocycles. The van der Waals surface area contributed by atoms with Crippen LogP contribution in [0.4, 0.5) is 0 Å². The van der Waals surface area contributed by atoms with Crippen molar-refractivity contribution >= 4 is 41.3 Å². The van der Waals surface area contributed by atoms with Crippen molar-refractivity contribution in [2.45, 2.75) is 33.1 Å². The topological polar surface area (TPSA) is 40.5 Å². The molecule has 2 aromatic rings. The number of benzene rings is 1. The van der Waals surface area contributed by atoms with Gasteiger partial charge in [0.05, 0.1) is 10.7 Å². The van der Waals surface area contributed by atoms with Gasteiger partial charge in [-0.15, -0.1) is 35.3 Å². The van der Waals surface area contributed by atoms with E-state index in [9.17, 15) is 0 Å². The van der Waals surface area contributed by atoms with Crippen LogP contribution in [0.25, 0.3) is 0 Å². The zero-order valence-corrected chi connectivity index (χ0v) is 19.0. The fourth-order valence-electron chi connectivity index (χ4n) is 3.56. The Bertz CT molecular complexity index is 714. The molecule has 1 fully saturated rings. The number of nitrogens with zero attached hydrogens (tertiary/aromatic N) is 3. The zero-order valence-electron chi connectivity index (χ0n) is 15.9. The molecule has 1 saturated heterocycles. The first-order chi connectivity index (χ1) is 12.2. The molecule has 1 unspecified atom stereocenters. The number of halogens is 1. The Kier molecular flexibility index (Phi) is 8.34. The van der Waals surface area contributed by atoms with Gasteiger partial charge in [-0.25, -0.2) is 4.98 Å². The third-order valence-corrected chi connectivity index (χ3v) is 5.93. The highest BCUT2D eigenvalue weighted by Gasteiger charge is 2.24. The van der Waals surface area contributed by atoms with Gasteiger partial charge in [0, 0.05) is 38.0 Å². The summed E-state index contributed by atoms with van der Waals surface area (Å²) in [4.78, 5) is 12.8. The van der Waals surface area contributed by atoms with E-state index >= 15 is 0 Å². The molecule has 26 heavy (non-hydrogen) atoms. The van der Waals surface area contributed by atoms with E-state index < -0.39 is 0 Å². The second-order valence-corrected chi connectivity index (χ2v) is 8.04. The van der Waals surface area contributed by atoms with Crippen molar-refractivity contribution in [1.29, 1.82) is 0 Å². The summed E-state index contributed by atoms with van der Waals surface area (Å²) in [5.41, 5.74) is 2.61. The monoisotopic (exact) mass is 484 g/mol. The molecule has 1 aliphatic heterocycles. The van der Waals surface area contributed by atoms with Crippen molar-refractivity contribution in [1.82, 2.24) is 15.2 Å². The number of guanidine groups is 1. The van der Waals surface area contributed by atoms with E-state index in [2.05, 4.69) is 64.4 Å². The third kappa shape index (κ3) is 5.67. The number of aliphatic imine (C=N–C) groups is 1. The number of hydrogen-bond donors (Lipinski definition) is 1. The predicted octanol–water partition coefficient (Wildman–Crippen LogP) is 4.06. The molecule has 0 spiro atoms. The Morgan fingerprint density at radius 3 is 2.73 bits per heavy atom. The molecule has 0 radical (unpaired) electrons. The molecule has 4 nitrogen and oxygen atoms in total. The molecule has 142 valence electrons. The lowest BCUT2D eigenvalue weighted by Crippen LogP contribution is -2.41.